The first-order valence-corrected chi connectivity index (χ1v) is 5.60. The number of anilines is 1. The molecule has 0 aliphatic heterocycles. The molecule has 1 amide bonds. The fourth-order valence-corrected chi connectivity index (χ4v) is 1.59. The maximum absolute atomic E-state index is 11.6. The standard InChI is InChI=1S/C11H15BrN2O2/c1-14(2)7-11(15)13-9-5-4-8(12)6-10(9)16-3/h4-6H,7H2,1-3H3,(H,13,15). The zero-order valence-electron chi connectivity index (χ0n) is 9.58. The number of halogens is 1. The summed E-state index contributed by atoms with van der Waals surface area (Å²) in [5.74, 6) is 0.576. The molecule has 5 heteroatoms. The molecular formula is C11H15BrN2O2. The lowest BCUT2D eigenvalue weighted by atomic mass is 10.3. The zero-order valence-corrected chi connectivity index (χ0v) is 11.2. The number of hydrogen-bond acceptors (Lipinski definition) is 3. The number of amides is 1. The average molecular weight is 287 g/mol. The van der Waals surface area contributed by atoms with Crippen LogP contribution in [0, 0.1) is 0 Å². The summed E-state index contributed by atoms with van der Waals surface area (Å²) in [6, 6.07) is 5.47. The van der Waals surface area contributed by atoms with Crippen LogP contribution in [0.4, 0.5) is 5.69 Å². The minimum absolute atomic E-state index is 0.0642. The molecule has 88 valence electrons. The van der Waals surface area contributed by atoms with Crippen LogP contribution < -0.4 is 10.1 Å². The fraction of sp³-hybridized carbons (Fsp3) is 0.364. The van der Waals surface area contributed by atoms with Gasteiger partial charge in [0.1, 0.15) is 5.75 Å². The number of benzene rings is 1. The van der Waals surface area contributed by atoms with E-state index in [1.54, 1.807) is 18.1 Å². The van der Waals surface area contributed by atoms with Crippen LogP contribution in [-0.2, 0) is 4.79 Å². The Morgan fingerprint density at radius 1 is 1.50 bits per heavy atom. The van der Waals surface area contributed by atoms with Gasteiger partial charge in [0.2, 0.25) is 5.91 Å². The SMILES string of the molecule is COc1cc(Br)ccc1NC(=O)CN(C)C. The van der Waals surface area contributed by atoms with Crippen LogP contribution in [0.3, 0.4) is 0 Å². The molecule has 0 bridgehead atoms. The Morgan fingerprint density at radius 2 is 2.19 bits per heavy atom. The number of carbonyl (C=O) groups is 1. The topological polar surface area (TPSA) is 41.6 Å². The molecule has 0 spiro atoms. The minimum atomic E-state index is -0.0642. The molecule has 1 aromatic rings. The van der Waals surface area contributed by atoms with E-state index in [1.807, 2.05) is 26.2 Å². The van der Waals surface area contributed by atoms with Gasteiger partial charge < -0.3 is 15.0 Å². The van der Waals surface area contributed by atoms with Gasteiger partial charge in [-0.25, -0.2) is 0 Å². The summed E-state index contributed by atoms with van der Waals surface area (Å²) in [5.41, 5.74) is 0.678. The van der Waals surface area contributed by atoms with E-state index in [-0.39, 0.29) is 5.91 Å². The quantitative estimate of drug-likeness (QED) is 0.920. The van der Waals surface area contributed by atoms with Crippen molar-refractivity contribution in [2.45, 2.75) is 0 Å². The van der Waals surface area contributed by atoms with E-state index in [0.717, 1.165) is 4.47 Å². The summed E-state index contributed by atoms with van der Waals surface area (Å²) < 4.78 is 6.09. The Hall–Kier alpha value is -1.07. The molecule has 0 aliphatic carbocycles. The molecule has 1 aromatic carbocycles. The monoisotopic (exact) mass is 286 g/mol. The summed E-state index contributed by atoms with van der Waals surface area (Å²) in [4.78, 5) is 13.4. The fourth-order valence-electron chi connectivity index (χ4n) is 1.25. The second kappa shape index (κ2) is 5.86. The molecule has 0 saturated heterocycles. The third-order valence-electron chi connectivity index (χ3n) is 1.90. The van der Waals surface area contributed by atoms with E-state index in [0.29, 0.717) is 18.0 Å². The lowest BCUT2D eigenvalue weighted by Gasteiger charge is -2.12. The summed E-state index contributed by atoms with van der Waals surface area (Å²) >= 11 is 3.34. The molecular weight excluding hydrogens is 272 g/mol. The number of hydrogen-bond donors (Lipinski definition) is 1. The smallest absolute Gasteiger partial charge is 0.238 e. The van der Waals surface area contributed by atoms with Crippen molar-refractivity contribution in [1.82, 2.24) is 4.90 Å². The van der Waals surface area contributed by atoms with Crippen molar-refractivity contribution in [1.29, 1.82) is 0 Å². The van der Waals surface area contributed by atoms with Gasteiger partial charge in [0.25, 0.3) is 0 Å². The van der Waals surface area contributed by atoms with Crippen molar-refractivity contribution >= 4 is 27.5 Å². The number of methoxy groups -OCH3 is 1. The number of likely N-dealkylation sites (N-methyl/N-ethyl adjacent to an activating group) is 1. The molecule has 0 aliphatic rings. The van der Waals surface area contributed by atoms with Gasteiger partial charge in [-0.05, 0) is 32.3 Å². The Morgan fingerprint density at radius 3 is 2.75 bits per heavy atom. The van der Waals surface area contributed by atoms with Gasteiger partial charge in [-0.3, -0.25) is 4.79 Å². The second-order valence-corrected chi connectivity index (χ2v) is 4.55. The molecule has 0 fully saturated rings. The first-order valence-electron chi connectivity index (χ1n) is 4.81. The normalized spacial score (nSPS) is 10.3. The minimum Gasteiger partial charge on any atom is -0.495 e. The molecule has 4 nitrogen and oxygen atoms in total. The van der Waals surface area contributed by atoms with E-state index in [9.17, 15) is 4.79 Å². The van der Waals surface area contributed by atoms with E-state index in [1.165, 1.54) is 0 Å². The maximum atomic E-state index is 11.6. The van der Waals surface area contributed by atoms with Gasteiger partial charge in [-0.2, -0.15) is 0 Å². The largest absolute Gasteiger partial charge is 0.495 e. The Bertz CT molecular complexity index is 380. The highest BCUT2D eigenvalue weighted by atomic mass is 79.9. The number of carbonyl (C=O) groups excluding carboxylic acids is 1. The van der Waals surface area contributed by atoms with Crippen molar-refractivity contribution < 1.29 is 9.53 Å². The molecule has 0 radical (unpaired) electrons. The molecule has 0 saturated carbocycles. The first-order chi connectivity index (χ1) is 7.52. The number of rotatable bonds is 4. The van der Waals surface area contributed by atoms with Crippen LogP contribution >= 0.6 is 15.9 Å². The number of ether oxygens (including phenoxy) is 1. The summed E-state index contributed by atoms with van der Waals surface area (Å²) in [7, 11) is 5.26. The van der Waals surface area contributed by atoms with Crippen LogP contribution in [0.15, 0.2) is 22.7 Å². The Balaban J connectivity index is 2.76. The van der Waals surface area contributed by atoms with Gasteiger partial charge in [-0.15, -0.1) is 0 Å². The van der Waals surface area contributed by atoms with E-state index in [2.05, 4.69) is 21.2 Å². The van der Waals surface area contributed by atoms with Crippen molar-refractivity contribution in [2.75, 3.05) is 33.1 Å². The van der Waals surface area contributed by atoms with Crippen LogP contribution in [0.1, 0.15) is 0 Å². The second-order valence-electron chi connectivity index (χ2n) is 3.63. The van der Waals surface area contributed by atoms with Crippen LogP contribution in [0.25, 0.3) is 0 Å². The van der Waals surface area contributed by atoms with E-state index < -0.39 is 0 Å². The predicted molar refractivity (Wildman–Crippen MR) is 67.9 cm³/mol. The zero-order chi connectivity index (χ0) is 12.1. The highest BCUT2D eigenvalue weighted by molar-refractivity contribution is 9.10. The van der Waals surface area contributed by atoms with Gasteiger partial charge in [0.05, 0.1) is 19.3 Å². The van der Waals surface area contributed by atoms with Crippen LogP contribution in [0.2, 0.25) is 0 Å². The van der Waals surface area contributed by atoms with Gasteiger partial charge in [-0.1, -0.05) is 15.9 Å². The van der Waals surface area contributed by atoms with Crippen molar-refractivity contribution in [3.8, 4) is 5.75 Å². The first kappa shape index (κ1) is 13.0. The van der Waals surface area contributed by atoms with Crippen molar-refractivity contribution in [3.05, 3.63) is 22.7 Å². The molecule has 1 N–H and O–H groups in total. The molecule has 0 unspecified atom stereocenters. The molecule has 1 rings (SSSR count). The Kier molecular flexibility index (Phi) is 4.76. The predicted octanol–water partition coefficient (Wildman–Crippen LogP) is 1.96. The third-order valence-corrected chi connectivity index (χ3v) is 2.39. The van der Waals surface area contributed by atoms with Gasteiger partial charge >= 0.3 is 0 Å². The van der Waals surface area contributed by atoms with E-state index >= 15 is 0 Å². The van der Waals surface area contributed by atoms with Gasteiger partial charge in [0.15, 0.2) is 0 Å². The summed E-state index contributed by atoms with van der Waals surface area (Å²) in [6.45, 7) is 0.346. The van der Waals surface area contributed by atoms with E-state index in [4.69, 9.17) is 4.74 Å². The lowest BCUT2D eigenvalue weighted by Crippen LogP contribution is -2.27. The summed E-state index contributed by atoms with van der Waals surface area (Å²) in [6.07, 6.45) is 0. The number of nitrogens with one attached hydrogen (secondary N) is 1. The molecule has 0 heterocycles. The molecule has 0 atom stereocenters. The molecule has 16 heavy (non-hydrogen) atoms. The third kappa shape index (κ3) is 3.83. The van der Waals surface area contributed by atoms with Crippen LogP contribution in [-0.4, -0.2) is 38.6 Å². The average Bonchev–Trinajstić information content (AvgIpc) is 2.19. The number of nitrogens with zero attached hydrogens (tertiary/aromatic N) is 1. The summed E-state index contributed by atoms with van der Waals surface area (Å²) in [5, 5.41) is 2.79. The highest BCUT2D eigenvalue weighted by Crippen LogP contribution is 2.27. The lowest BCUT2D eigenvalue weighted by molar-refractivity contribution is -0.116. The molecule has 0 aromatic heterocycles. The van der Waals surface area contributed by atoms with Gasteiger partial charge in [0, 0.05) is 4.47 Å². The maximum Gasteiger partial charge on any atom is 0.238 e. The highest BCUT2D eigenvalue weighted by Gasteiger charge is 2.08. The van der Waals surface area contributed by atoms with Crippen molar-refractivity contribution in [3.63, 3.8) is 0 Å². The van der Waals surface area contributed by atoms with Crippen molar-refractivity contribution in [2.24, 2.45) is 0 Å². The Labute approximate surface area is 104 Å². The van der Waals surface area contributed by atoms with Crippen LogP contribution in [0.5, 0.6) is 5.75 Å².